The summed E-state index contributed by atoms with van der Waals surface area (Å²) in [5, 5.41) is 4.44. The first-order chi connectivity index (χ1) is 12.5. The van der Waals surface area contributed by atoms with Crippen LogP contribution in [0.4, 0.5) is 5.69 Å². The lowest BCUT2D eigenvalue weighted by molar-refractivity contribution is -0.119. The van der Waals surface area contributed by atoms with Crippen LogP contribution >= 0.6 is 34.5 Å². The van der Waals surface area contributed by atoms with Crippen LogP contribution in [-0.2, 0) is 11.3 Å². The average molecular weight is 407 g/mol. The Morgan fingerprint density at radius 1 is 1.08 bits per heavy atom. The largest absolute Gasteiger partial charge is 0.484 e. The average Bonchev–Trinajstić information content (AvgIpc) is 3.10. The first-order valence-electron chi connectivity index (χ1n) is 7.80. The summed E-state index contributed by atoms with van der Waals surface area (Å²) < 4.78 is 5.31. The van der Waals surface area contributed by atoms with Crippen LogP contribution in [0, 0.1) is 0 Å². The lowest BCUT2D eigenvalue weighted by atomic mass is 10.2. The molecule has 4 nitrogen and oxygen atoms in total. The number of nitrogens with one attached hydrogen (secondary N) is 1. The van der Waals surface area contributed by atoms with Crippen molar-refractivity contribution in [3.63, 3.8) is 0 Å². The van der Waals surface area contributed by atoms with Gasteiger partial charge in [-0.2, -0.15) is 0 Å². The Kier molecular flexibility index (Phi) is 6.04. The van der Waals surface area contributed by atoms with Gasteiger partial charge in [-0.3, -0.25) is 4.79 Å². The number of thiophene rings is 1. The molecule has 0 fully saturated rings. The van der Waals surface area contributed by atoms with E-state index in [1.165, 1.54) is 4.88 Å². The standard InChI is InChI=1S/C19H16Cl2N2O2S/c20-16-6-4-12(8-17(16)21)18-7-5-15(26-18)10-23-13-2-1-3-14(9-13)25-11-19(22)24/h1-9,23H,10-11H2,(H2,22,24). The molecule has 0 atom stereocenters. The van der Waals surface area contributed by atoms with Crippen molar-refractivity contribution in [2.24, 2.45) is 5.73 Å². The summed E-state index contributed by atoms with van der Waals surface area (Å²) in [7, 11) is 0. The predicted octanol–water partition coefficient (Wildman–Crippen LogP) is 5.20. The number of benzene rings is 2. The first-order valence-corrected chi connectivity index (χ1v) is 9.37. The smallest absolute Gasteiger partial charge is 0.255 e. The maximum Gasteiger partial charge on any atom is 0.255 e. The Morgan fingerprint density at radius 2 is 1.92 bits per heavy atom. The number of carbonyl (C=O) groups is 1. The van der Waals surface area contributed by atoms with Gasteiger partial charge in [-0.1, -0.05) is 35.3 Å². The fourth-order valence-corrected chi connectivity index (χ4v) is 3.56. The highest BCUT2D eigenvalue weighted by Crippen LogP contribution is 2.33. The Balaban J connectivity index is 1.64. The molecular weight excluding hydrogens is 391 g/mol. The van der Waals surface area contributed by atoms with Crippen LogP contribution in [0.2, 0.25) is 10.0 Å². The minimum atomic E-state index is -0.503. The van der Waals surface area contributed by atoms with Crippen LogP contribution in [0.1, 0.15) is 4.88 Å². The number of carbonyl (C=O) groups excluding carboxylic acids is 1. The number of primary amides is 1. The maximum absolute atomic E-state index is 10.8. The van der Waals surface area contributed by atoms with Crippen LogP contribution in [-0.4, -0.2) is 12.5 Å². The van der Waals surface area contributed by atoms with Gasteiger partial charge < -0.3 is 15.8 Å². The normalized spacial score (nSPS) is 10.5. The topological polar surface area (TPSA) is 64.4 Å². The Bertz CT molecular complexity index is 927. The molecule has 0 saturated heterocycles. The van der Waals surface area contributed by atoms with Gasteiger partial charge in [0.1, 0.15) is 5.75 Å². The van der Waals surface area contributed by atoms with E-state index in [9.17, 15) is 4.79 Å². The second-order valence-electron chi connectivity index (χ2n) is 5.53. The second kappa shape index (κ2) is 8.45. The van der Waals surface area contributed by atoms with Crippen LogP contribution in [0.5, 0.6) is 5.75 Å². The minimum absolute atomic E-state index is 0.138. The fraction of sp³-hybridized carbons (Fsp3) is 0.105. The van der Waals surface area contributed by atoms with E-state index in [1.807, 2.05) is 30.3 Å². The van der Waals surface area contributed by atoms with Crippen molar-refractivity contribution in [2.45, 2.75) is 6.54 Å². The van der Waals surface area contributed by atoms with E-state index in [0.717, 1.165) is 16.1 Å². The van der Waals surface area contributed by atoms with E-state index in [1.54, 1.807) is 23.5 Å². The van der Waals surface area contributed by atoms with E-state index in [-0.39, 0.29) is 6.61 Å². The van der Waals surface area contributed by atoms with Crippen molar-refractivity contribution in [1.29, 1.82) is 0 Å². The van der Waals surface area contributed by atoms with Gasteiger partial charge in [0.05, 0.1) is 10.0 Å². The lowest BCUT2D eigenvalue weighted by Crippen LogP contribution is -2.20. The summed E-state index contributed by atoms with van der Waals surface area (Å²) in [5.41, 5.74) is 7.03. The first kappa shape index (κ1) is 18.6. The highest BCUT2D eigenvalue weighted by atomic mass is 35.5. The van der Waals surface area contributed by atoms with Crippen LogP contribution < -0.4 is 15.8 Å². The fourth-order valence-electron chi connectivity index (χ4n) is 2.32. The minimum Gasteiger partial charge on any atom is -0.484 e. The van der Waals surface area contributed by atoms with Gasteiger partial charge in [-0.15, -0.1) is 11.3 Å². The van der Waals surface area contributed by atoms with E-state index in [4.69, 9.17) is 33.7 Å². The molecule has 0 aliphatic heterocycles. The van der Waals surface area contributed by atoms with E-state index >= 15 is 0 Å². The van der Waals surface area contributed by atoms with Gasteiger partial charge in [0.25, 0.3) is 5.91 Å². The quantitative estimate of drug-likeness (QED) is 0.566. The Hall–Kier alpha value is -2.21. The van der Waals surface area contributed by atoms with Gasteiger partial charge in [-0.25, -0.2) is 0 Å². The zero-order chi connectivity index (χ0) is 18.5. The molecule has 0 unspecified atom stereocenters. The van der Waals surface area contributed by atoms with Crippen LogP contribution in [0.3, 0.4) is 0 Å². The zero-order valence-electron chi connectivity index (χ0n) is 13.7. The molecule has 0 saturated carbocycles. The summed E-state index contributed by atoms with van der Waals surface area (Å²) in [5.74, 6) is 0.0910. The van der Waals surface area contributed by atoms with Crippen LogP contribution in [0.15, 0.2) is 54.6 Å². The number of amides is 1. The van der Waals surface area contributed by atoms with Gasteiger partial charge in [0.2, 0.25) is 0 Å². The number of anilines is 1. The molecule has 3 rings (SSSR count). The summed E-state index contributed by atoms with van der Waals surface area (Å²) in [4.78, 5) is 13.1. The molecule has 0 aliphatic rings. The van der Waals surface area contributed by atoms with Crippen molar-refractivity contribution in [2.75, 3.05) is 11.9 Å². The molecular formula is C19H16Cl2N2O2S. The monoisotopic (exact) mass is 406 g/mol. The molecule has 0 bridgehead atoms. The molecule has 3 aromatic rings. The number of hydrogen-bond donors (Lipinski definition) is 2. The molecule has 0 radical (unpaired) electrons. The maximum atomic E-state index is 10.8. The Labute approximate surface area is 165 Å². The third kappa shape index (κ3) is 4.91. The lowest BCUT2D eigenvalue weighted by Gasteiger charge is -2.08. The van der Waals surface area contributed by atoms with Gasteiger partial charge >= 0.3 is 0 Å². The summed E-state index contributed by atoms with van der Waals surface area (Å²) in [6.45, 7) is 0.534. The highest BCUT2D eigenvalue weighted by molar-refractivity contribution is 7.15. The van der Waals surface area contributed by atoms with Crippen molar-refractivity contribution < 1.29 is 9.53 Å². The summed E-state index contributed by atoms with van der Waals surface area (Å²) >= 11 is 13.7. The molecule has 26 heavy (non-hydrogen) atoms. The molecule has 1 heterocycles. The third-order valence-corrected chi connectivity index (χ3v) is 5.42. The van der Waals surface area contributed by atoms with Gasteiger partial charge in [0, 0.05) is 28.1 Å². The molecule has 1 aromatic heterocycles. The number of rotatable bonds is 7. The molecule has 0 aliphatic carbocycles. The predicted molar refractivity (Wildman–Crippen MR) is 108 cm³/mol. The van der Waals surface area contributed by atoms with Crippen molar-refractivity contribution in [3.8, 4) is 16.2 Å². The molecule has 7 heteroatoms. The third-order valence-electron chi connectivity index (χ3n) is 3.55. The number of nitrogens with two attached hydrogens (primary N) is 1. The van der Waals surface area contributed by atoms with Crippen molar-refractivity contribution in [1.82, 2.24) is 0 Å². The van der Waals surface area contributed by atoms with E-state index in [2.05, 4.69) is 17.4 Å². The van der Waals surface area contributed by atoms with Crippen LogP contribution in [0.25, 0.3) is 10.4 Å². The van der Waals surface area contributed by atoms with E-state index < -0.39 is 5.91 Å². The summed E-state index contributed by atoms with van der Waals surface area (Å²) in [6, 6.07) is 17.2. The Morgan fingerprint density at radius 3 is 2.69 bits per heavy atom. The van der Waals surface area contributed by atoms with Gasteiger partial charge in [-0.05, 0) is 42.0 Å². The number of hydrogen-bond acceptors (Lipinski definition) is 4. The van der Waals surface area contributed by atoms with Gasteiger partial charge in [0.15, 0.2) is 6.61 Å². The SMILES string of the molecule is NC(=O)COc1cccc(NCc2ccc(-c3ccc(Cl)c(Cl)c3)s2)c1. The molecule has 134 valence electrons. The van der Waals surface area contributed by atoms with E-state index in [0.29, 0.717) is 22.3 Å². The highest BCUT2D eigenvalue weighted by Gasteiger charge is 2.06. The molecule has 2 aromatic carbocycles. The molecule has 0 spiro atoms. The van der Waals surface area contributed by atoms with Crippen molar-refractivity contribution in [3.05, 3.63) is 69.5 Å². The summed E-state index contributed by atoms with van der Waals surface area (Å²) in [6.07, 6.45) is 0. The number of halogens is 2. The molecule has 1 amide bonds. The molecule has 3 N–H and O–H groups in total. The zero-order valence-corrected chi connectivity index (χ0v) is 16.0. The second-order valence-corrected chi connectivity index (χ2v) is 7.51. The number of ether oxygens (including phenoxy) is 1. The van der Waals surface area contributed by atoms with Crippen molar-refractivity contribution >= 4 is 46.1 Å².